The molecule has 0 aliphatic rings. The van der Waals surface area contributed by atoms with Crippen molar-refractivity contribution in [1.29, 1.82) is 0 Å². The molecule has 3 amide bonds. The van der Waals surface area contributed by atoms with Gasteiger partial charge in [-0.3, -0.25) is 9.59 Å². The molecule has 11 nitrogen and oxygen atoms in total. The molecule has 0 saturated carbocycles. The highest BCUT2D eigenvalue weighted by atomic mass is 16.6. The van der Waals surface area contributed by atoms with Gasteiger partial charge in [-0.25, -0.2) is 9.59 Å². The fraction of sp³-hybridized carbons (Fsp3) is 0.840. The lowest BCUT2D eigenvalue weighted by atomic mass is 9.65. The molecule has 2 atom stereocenters. The van der Waals surface area contributed by atoms with E-state index in [0.717, 1.165) is 12.8 Å². The molecule has 0 bridgehead atoms. The Kier molecular flexibility index (Phi) is 16.7. The number of hydrogen-bond donors (Lipinski definition) is 4. The molecule has 1 radical (unpaired) electrons. The SMILES string of the molecule is C[B]C(C)(C)OC(=O)NCCCCC(CC(=O)OC)NC(=O)CC(N)CCCCNC(=O)OC(C)(C)C. The average Bonchev–Trinajstić information content (AvgIpc) is 2.76. The Morgan fingerprint density at radius 3 is 1.89 bits per heavy atom. The van der Waals surface area contributed by atoms with Crippen LogP contribution in [0.15, 0.2) is 0 Å². The first kappa shape index (κ1) is 34.5. The van der Waals surface area contributed by atoms with Crippen molar-refractivity contribution in [2.75, 3.05) is 20.2 Å². The lowest BCUT2D eigenvalue weighted by Gasteiger charge is -2.23. The molecule has 0 spiro atoms. The van der Waals surface area contributed by atoms with Crippen molar-refractivity contribution >= 4 is 31.3 Å². The van der Waals surface area contributed by atoms with Crippen LogP contribution in [0.25, 0.3) is 0 Å². The summed E-state index contributed by atoms with van der Waals surface area (Å²) in [5.74, 6) is -0.639. The van der Waals surface area contributed by atoms with Crippen LogP contribution in [0.2, 0.25) is 6.82 Å². The number of nitrogens with two attached hydrogens (primary N) is 1. The maximum atomic E-state index is 12.5. The third-order valence-electron chi connectivity index (χ3n) is 5.42. The number of hydrogen-bond acceptors (Lipinski definition) is 8. The number of unbranched alkanes of at least 4 members (excludes halogenated alkanes) is 2. The second-order valence-electron chi connectivity index (χ2n) is 10.6. The van der Waals surface area contributed by atoms with E-state index in [1.807, 2.05) is 6.82 Å². The first-order valence-corrected chi connectivity index (χ1v) is 13.0. The molecule has 0 aromatic rings. The summed E-state index contributed by atoms with van der Waals surface area (Å²) in [4.78, 5) is 47.7. The van der Waals surface area contributed by atoms with Gasteiger partial charge in [0.05, 0.1) is 19.0 Å². The standard InChI is InChI=1S/C25H48BN4O7/c1-24(2,3)36-22(33)28-14-10-8-12-18(27)16-20(31)30-19(17-21(32)35-7)13-9-11-15-29-23(34)37-25(4,5)26-6/h18-19H,8-17,27H2,1-7H3,(H,28,33)(H,29,34)(H,30,31). The maximum Gasteiger partial charge on any atom is 0.407 e. The van der Waals surface area contributed by atoms with Crippen molar-refractivity contribution in [2.45, 2.75) is 116 Å². The molecule has 0 aliphatic heterocycles. The third kappa shape index (κ3) is 20.3. The minimum Gasteiger partial charge on any atom is -0.469 e. The van der Waals surface area contributed by atoms with Gasteiger partial charge >= 0.3 is 18.2 Å². The van der Waals surface area contributed by atoms with Gasteiger partial charge in [0.15, 0.2) is 7.28 Å². The Balaban J connectivity index is 4.31. The minimum atomic E-state index is -0.641. The van der Waals surface area contributed by atoms with Gasteiger partial charge in [0, 0.05) is 31.6 Å². The Morgan fingerprint density at radius 1 is 0.838 bits per heavy atom. The molecule has 0 fully saturated rings. The molecule has 0 saturated heterocycles. The largest absolute Gasteiger partial charge is 0.469 e. The van der Waals surface area contributed by atoms with Crippen LogP contribution in [0.3, 0.4) is 0 Å². The van der Waals surface area contributed by atoms with Crippen LogP contribution in [-0.2, 0) is 23.8 Å². The van der Waals surface area contributed by atoms with Gasteiger partial charge in [-0.2, -0.15) is 0 Å². The van der Waals surface area contributed by atoms with Crippen molar-refractivity contribution in [3.05, 3.63) is 0 Å². The monoisotopic (exact) mass is 527 g/mol. The molecule has 0 rings (SSSR count). The Bertz CT molecular complexity index is 714. The van der Waals surface area contributed by atoms with Gasteiger partial charge in [0.2, 0.25) is 5.91 Å². The number of carbonyl (C=O) groups is 4. The molecule has 12 heteroatoms. The first-order chi connectivity index (χ1) is 17.2. The van der Waals surface area contributed by atoms with Gasteiger partial charge in [-0.1, -0.05) is 13.2 Å². The van der Waals surface area contributed by atoms with E-state index in [1.54, 1.807) is 41.9 Å². The number of amides is 3. The predicted octanol–water partition coefficient (Wildman–Crippen LogP) is 2.83. The summed E-state index contributed by atoms with van der Waals surface area (Å²) in [6.45, 7) is 11.7. The fourth-order valence-corrected chi connectivity index (χ4v) is 3.21. The Morgan fingerprint density at radius 2 is 1.38 bits per heavy atom. The van der Waals surface area contributed by atoms with E-state index in [-0.39, 0.29) is 30.8 Å². The number of nitrogens with one attached hydrogen (secondary N) is 3. The summed E-state index contributed by atoms with van der Waals surface area (Å²) in [7, 11) is 3.10. The highest BCUT2D eigenvalue weighted by molar-refractivity contribution is 6.37. The van der Waals surface area contributed by atoms with E-state index in [0.29, 0.717) is 38.8 Å². The lowest BCUT2D eigenvalue weighted by molar-refractivity contribution is -0.141. The third-order valence-corrected chi connectivity index (χ3v) is 5.42. The molecular weight excluding hydrogens is 479 g/mol. The predicted molar refractivity (Wildman–Crippen MR) is 143 cm³/mol. The van der Waals surface area contributed by atoms with E-state index < -0.39 is 29.3 Å². The van der Waals surface area contributed by atoms with Gasteiger partial charge in [-0.15, -0.1) is 0 Å². The molecular formula is C25H48BN4O7. The van der Waals surface area contributed by atoms with E-state index in [9.17, 15) is 19.2 Å². The number of carbonyl (C=O) groups excluding carboxylic acids is 4. The molecule has 2 unspecified atom stereocenters. The van der Waals surface area contributed by atoms with Gasteiger partial charge < -0.3 is 35.9 Å². The molecule has 0 aromatic heterocycles. The highest BCUT2D eigenvalue weighted by Crippen LogP contribution is 2.10. The van der Waals surface area contributed by atoms with Crippen LogP contribution in [0.4, 0.5) is 9.59 Å². The normalized spacial score (nSPS) is 13.1. The van der Waals surface area contributed by atoms with Crippen molar-refractivity contribution in [3.8, 4) is 0 Å². The zero-order valence-electron chi connectivity index (χ0n) is 23.7. The molecule has 0 aromatic carbocycles. The van der Waals surface area contributed by atoms with Crippen LogP contribution in [0.5, 0.6) is 0 Å². The van der Waals surface area contributed by atoms with Crippen molar-refractivity contribution in [3.63, 3.8) is 0 Å². The Labute approximate surface area is 222 Å². The summed E-state index contributed by atoms with van der Waals surface area (Å²) >= 11 is 0. The molecule has 0 heterocycles. The van der Waals surface area contributed by atoms with E-state index >= 15 is 0 Å². The van der Waals surface area contributed by atoms with E-state index in [2.05, 4.69) is 16.0 Å². The van der Waals surface area contributed by atoms with Crippen LogP contribution < -0.4 is 21.7 Å². The van der Waals surface area contributed by atoms with Gasteiger partial charge in [0.25, 0.3) is 0 Å². The zero-order chi connectivity index (χ0) is 28.5. The number of esters is 1. The van der Waals surface area contributed by atoms with Gasteiger partial charge in [0.1, 0.15) is 5.60 Å². The van der Waals surface area contributed by atoms with E-state index in [1.165, 1.54) is 7.11 Å². The first-order valence-electron chi connectivity index (χ1n) is 13.0. The maximum absolute atomic E-state index is 12.5. The molecule has 37 heavy (non-hydrogen) atoms. The smallest absolute Gasteiger partial charge is 0.407 e. The zero-order valence-corrected chi connectivity index (χ0v) is 23.7. The van der Waals surface area contributed by atoms with Crippen LogP contribution >= 0.6 is 0 Å². The summed E-state index contributed by atoms with van der Waals surface area (Å²) in [5, 5.41) is 8.28. The van der Waals surface area contributed by atoms with Crippen LogP contribution in [-0.4, -0.2) is 74.7 Å². The van der Waals surface area contributed by atoms with Crippen LogP contribution in [0, 0.1) is 0 Å². The molecule has 0 aliphatic carbocycles. The minimum absolute atomic E-state index is 0.0593. The number of methoxy groups -OCH3 is 1. The average molecular weight is 527 g/mol. The summed E-state index contributed by atoms with van der Waals surface area (Å²) in [6.07, 6.45) is 3.24. The Hall–Kier alpha value is -2.50. The van der Waals surface area contributed by atoms with Gasteiger partial charge in [-0.05, 0) is 66.7 Å². The molecule has 5 N–H and O–H groups in total. The quantitative estimate of drug-likeness (QED) is 0.0973. The second kappa shape index (κ2) is 17.9. The topological polar surface area (TPSA) is 158 Å². The number of rotatable bonds is 17. The highest BCUT2D eigenvalue weighted by Gasteiger charge is 2.21. The lowest BCUT2D eigenvalue weighted by Crippen LogP contribution is -2.40. The van der Waals surface area contributed by atoms with E-state index in [4.69, 9.17) is 19.9 Å². The number of ether oxygens (including phenoxy) is 3. The van der Waals surface area contributed by atoms with Crippen molar-refractivity contribution < 1.29 is 33.4 Å². The second-order valence-corrected chi connectivity index (χ2v) is 10.6. The summed E-state index contributed by atoms with van der Waals surface area (Å²) in [5.41, 5.74) is 4.92. The van der Waals surface area contributed by atoms with Crippen molar-refractivity contribution in [1.82, 2.24) is 16.0 Å². The van der Waals surface area contributed by atoms with Crippen LogP contribution in [0.1, 0.15) is 86.0 Å². The summed E-state index contributed by atoms with van der Waals surface area (Å²) in [6, 6.07) is -0.717. The summed E-state index contributed by atoms with van der Waals surface area (Å²) < 4.78 is 15.2. The van der Waals surface area contributed by atoms with Crippen molar-refractivity contribution in [2.24, 2.45) is 5.73 Å². The molecule has 213 valence electrons. The fourth-order valence-electron chi connectivity index (χ4n) is 3.21. The number of alkyl carbamates (subject to hydrolysis) is 2.